The summed E-state index contributed by atoms with van der Waals surface area (Å²) in [5, 5.41) is 19.7. The Morgan fingerprint density at radius 3 is 2.89 bits per heavy atom. The van der Waals surface area contributed by atoms with Gasteiger partial charge in [-0.3, -0.25) is 0 Å². The second-order valence-corrected chi connectivity index (χ2v) is 8.07. The van der Waals surface area contributed by atoms with Crippen LogP contribution in [-0.2, 0) is 6.42 Å². The molecule has 2 aromatic rings. The smallest absolute Gasteiger partial charge is 0.245 e. The van der Waals surface area contributed by atoms with Crippen LogP contribution >= 0.6 is 0 Å². The predicted octanol–water partition coefficient (Wildman–Crippen LogP) is 2.41. The van der Waals surface area contributed by atoms with Gasteiger partial charge in [0.25, 0.3) is 0 Å². The monoisotopic (exact) mass is 381 g/mol. The quantitative estimate of drug-likeness (QED) is 0.875. The molecule has 0 bridgehead atoms. The maximum atomic E-state index is 10.7. The molecule has 2 saturated heterocycles. The van der Waals surface area contributed by atoms with Gasteiger partial charge in [-0.1, -0.05) is 6.92 Å². The highest BCUT2D eigenvalue weighted by atomic mass is 16.5. The van der Waals surface area contributed by atoms with Gasteiger partial charge < -0.3 is 19.6 Å². The first kappa shape index (κ1) is 17.7. The van der Waals surface area contributed by atoms with Crippen molar-refractivity contribution in [3.05, 3.63) is 23.4 Å². The third kappa shape index (κ3) is 2.80. The molecule has 0 aliphatic carbocycles. The fraction of sp³-hybridized carbons (Fsp3) is 0.571. The summed E-state index contributed by atoms with van der Waals surface area (Å²) in [4.78, 5) is 9.65. The normalized spacial score (nSPS) is 24.1. The van der Waals surface area contributed by atoms with Crippen molar-refractivity contribution < 1.29 is 9.84 Å². The highest BCUT2D eigenvalue weighted by Crippen LogP contribution is 2.40. The van der Waals surface area contributed by atoms with Gasteiger partial charge in [-0.25, -0.2) is 4.98 Å². The molecule has 3 aliphatic heterocycles. The molecule has 2 unspecified atom stereocenters. The van der Waals surface area contributed by atoms with E-state index in [4.69, 9.17) is 9.72 Å². The van der Waals surface area contributed by atoms with Crippen molar-refractivity contribution in [1.82, 2.24) is 20.1 Å². The molecule has 0 radical (unpaired) electrons. The van der Waals surface area contributed by atoms with Crippen LogP contribution in [0, 0.1) is 12.8 Å². The number of phenolic OH excluding ortho intramolecular Hbond substituents is 1. The molecule has 3 aliphatic rings. The molecule has 28 heavy (non-hydrogen) atoms. The van der Waals surface area contributed by atoms with Crippen LogP contribution in [0.4, 0.5) is 5.95 Å². The van der Waals surface area contributed by atoms with Crippen LogP contribution in [-0.4, -0.2) is 64.0 Å². The van der Waals surface area contributed by atoms with E-state index in [9.17, 15) is 5.11 Å². The Balaban J connectivity index is 1.45. The predicted molar refractivity (Wildman–Crippen MR) is 107 cm³/mol. The van der Waals surface area contributed by atoms with Crippen molar-refractivity contribution in [3.8, 4) is 22.8 Å². The first-order valence-electron chi connectivity index (χ1n) is 10.3. The Kier molecular flexibility index (Phi) is 4.34. The number of aryl methyl sites for hydroxylation is 1. The number of likely N-dealkylation sites (N-methyl/N-ethyl adjacent to an activating group) is 1. The van der Waals surface area contributed by atoms with Crippen molar-refractivity contribution in [3.63, 3.8) is 0 Å². The summed E-state index contributed by atoms with van der Waals surface area (Å²) >= 11 is 0. The highest BCUT2D eigenvalue weighted by Gasteiger charge is 2.39. The van der Waals surface area contributed by atoms with Gasteiger partial charge in [-0.2, -0.15) is 0 Å². The summed E-state index contributed by atoms with van der Waals surface area (Å²) in [6.45, 7) is 9.15. The van der Waals surface area contributed by atoms with Crippen molar-refractivity contribution in [2.45, 2.75) is 39.2 Å². The average Bonchev–Trinajstić information content (AvgIpc) is 3.35. The molecule has 148 valence electrons. The number of benzene rings is 1. The topological polar surface area (TPSA) is 74.6 Å². The van der Waals surface area contributed by atoms with E-state index in [-0.39, 0.29) is 5.75 Å². The van der Waals surface area contributed by atoms with Gasteiger partial charge in [0.15, 0.2) is 0 Å². The van der Waals surface area contributed by atoms with Gasteiger partial charge in [0.05, 0.1) is 12.3 Å². The van der Waals surface area contributed by atoms with E-state index in [2.05, 4.69) is 26.9 Å². The number of ether oxygens (including phenoxy) is 1. The summed E-state index contributed by atoms with van der Waals surface area (Å²) in [5.41, 5.74) is 2.98. The molecule has 0 saturated carbocycles. The second-order valence-electron chi connectivity index (χ2n) is 8.07. The molecule has 0 amide bonds. The first-order valence-corrected chi connectivity index (χ1v) is 10.3. The Morgan fingerprint density at radius 1 is 1.21 bits per heavy atom. The lowest BCUT2D eigenvalue weighted by molar-refractivity contribution is 0.181. The number of likely N-dealkylation sites (tertiary alicyclic amines) is 1. The van der Waals surface area contributed by atoms with E-state index in [0.29, 0.717) is 23.9 Å². The minimum Gasteiger partial charge on any atom is -0.507 e. The lowest BCUT2D eigenvalue weighted by Gasteiger charge is -2.37. The Labute approximate surface area is 165 Å². The average molecular weight is 381 g/mol. The number of phenols is 1. The fourth-order valence-electron chi connectivity index (χ4n) is 4.95. The van der Waals surface area contributed by atoms with Gasteiger partial charge >= 0.3 is 0 Å². The number of nitrogens with zero attached hydrogens (tertiary/aromatic N) is 5. The molecule has 7 heteroatoms. The Bertz CT molecular complexity index is 903. The first-order chi connectivity index (χ1) is 13.7. The number of hydrogen-bond donors (Lipinski definition) is 1. The molecular formula is C21H27N5O2. The highest BCUT2D eigenvalue weighted by molar-refractivity contribution is 5.72. The third-order valence-electron chi connectivity index (χ3n) is 6.61. The lowest BCUT2D eigenvalue weighted by Crippen LogP contribution is -2.48. The van der Waals surface area contributed by atoms with Crippen LogP contribution in [0.2, 0.25) is 0 Å². The van der Waals surface area contributed by atoms with E-state index in [1.807, 2.05) is 19.1 Å². The lowest BCUT2D eigenvalue weighted by atomic mass is 9.92. The van der Waals surface area contributed by atoms with E-state index in [1.165, 1.54) is 19.4 Å². The number of hydrogen-bond acceptors (Lipinski definition) is 7. The minimum atomic E-state index is 0.244. The van der Waals surface area contributed by atoms with E-state index in [0.717, 1.165) is 54.9 Å². The molecule has 2 fully saturated rings. The molecule has 1 N–H and O–H groups in total. The van der Waals surface area contributed by atoms with Crippen molar-refractivity contribution in [2.24, 2.45) is 5.92 Å². The standard InChI is InChI=1S/C21H27N5O2/c1-3-25-9-6-14-7-10-26(17(14)12-25)21-22-13(2)19(23-24-21)16-4-5-18-15(20(16)27)8-11-28-18/h4-5,14,17,27H,3,6-12H2,1-2H3. The van der Waals surface area contributed by atoms with Crippen molar-refractivity contribution >= 4 is 5.95 Å². The Hall–Kier alpha value is -2.41. The molecule has 5 rings (SSSR count). The number of rotatable bonds is 3. The van der Waals surface area contributed by atoms with Crippen molar-refractivity contribution in [1.29, 1.82) is 0 Å². The molecular weight excluding hydrogens is 354 g/mol. The van der Waals surface area contributed by atoms with E-state index < -0.39 is 0 Å². The maximum Gasteiger partial charge on any atom is 0.245 e. The molecule has 1 aromatic carbocycles. The van der Waals surface area contributed by atoms with Gasteiger partial charge in [-0.15, -0.1) is 10.2 Å². The van der Waals surface area contributed by atoms with Crippen LogP contribution in [0.3, 0.4) is 0 Å². The summed E-state index contributed by atoms with van der Waals surface area (Å²) in [7, 11) is 0. The molecule has 1 aromatic heterocycles. The van der Waals surface area contributed by atoms with Crippen LogP contribution in [0.25, 0.3) is 11.3 Å². The number of fused-ring (bicyclic) bond motifs is 2. The zero-order valence-electron chi connectivity index (χ0n) is 16.6. The van der Waals surface area contributed by atoms with Crippen LogP contribution in [0.5, 0.6) is 11.5 Å². The summed E-state index contributed by atoms with van der Waals surface area (Å²) in [6.07, 6.45) is 3.18. The zero-order valence-corrected chi connectivity index (χ0v) is 16.6. The second kappa shape index (κ2) is 6.88. The van der Waals surface area contributed by atoms with Crippen LogP contribution in [0.15, 0.2) is 12.1 Å². The molecule has 0 spiro atoms. The van der Waals surface area contributed by atoms with Gasteiger partial charge in [0, 0.05) is 36.7 Å². The van der Waals surface area contributed by atoms with Crippen molar-refractivity contribution in [2.75, 3.05) is 37.7 Å². The third-order valence-corrected chi connectivity index (χ3v) is 6.61. The maximum absolute atomic E-state index is 10.7. The van der Waals surface area contributed by atoms with Gasteiger partial charge in [0.2, 0.25) is 5.95 Å². The molecule has 2 atom stereocenters. The Morgan fingerprint density at radius 2 is 2.07 bits per heavy atom. The molecule has 4 heterocycles. The van der Waals surface area contributed by atoms with Gasteiger partial charge in [-0.05, 0) is 50.9 Å². The van der Waals surface area contributed by atoms with E-state index >= 15 is 0 Å². The number of piperidine rings is 1. The van der Waals surface area contributed by atoms with E-state index in [1.54, 1.807) is 0 Å². The number of anilines is 1. The van der Waals surface area contributed by atoms with Gasteiger partial charge in [0.1, 0.15) is 17.2 Å². The fourth-order valence-corrected chi connectivity index (χ4v) is 4.95. The number of aromatic nitrogens is 3. The zero-order chi connectivity index (χ0) is 19.3. The summed E-state index contributed by atoms with van der Waals surface area (Å²) < 4.78 is 5.53. The largest absolute Gasteiger partial charge is 0.507 e. The minimum absolute atomic E-state index is 0.244. The van der Waals surface area contributed by atoms with Crippen LogP contribution in [0.1, 0.15) is 31.0 Å². The molecule has 7 nitrogen and oxygen atoms in total. The summed E-state index contributed by atoms with van der Waals surface area (Å²) in [6, 6.07) is 4.23. The number of aromatic hydroxyl groups is 1. The summed E-state index contributed by atoms with van der Waals surface area (Å²) in [5.74, 6) is 2.45. The SMILES string of the molecule is CCN1CCC2CCN(c3nnc(-c4ccc5c(c4O)CCO5)c(C)n3)C2C1. The van der Waals surface area contributed by atoms with Crippen LogP contribution < -0.4 is 9.64 Å².